The molecule has 114 valence electrons. The predicted octanol–water partition coefficient (Wildman–Crippen LogP) is 1.73. The average Bonchev–Trinajstić information content (AvgIpc) is 2.52. The van der Waals surface area contributed by atoms with Crippen LogP contribution in [0.4, 0.5) is 0 Å². The molecule has 0 aliphatic carbocycles. The van der Waals surface area contributed by atoms with Crippen LogP contribution >= 0.6 is 0 Å². The van der Waals surface area contributed by atoms with Gasteiger partial charge in [-0.25, -0.2) is 0 Å². The number of carbonyl (C=O) groups is 2. The van der Waals surface area contributed by atoms with E-state index in [0.29, 0.717) is 17.7 Å². The number of benzene rings is 1. The van der Waals surface area contributed by atoms with Crippen molar-refractivity contribution in [2.75, 3.05) is 0 Å². The van der Waals surface area contributed by atoms with E-state index in [2.05, 4.69) is 10.3 Å². The molecule has 0 saturated heterocycles. The molecule has 1 aromatic carbocycles. The monoisotopic (exact) mass is 300 g/mol. The molecule has 0 bridgehead atoms. The number of nitrogens with zero attached hydrogens (tertiary/aromatic N) is 1. The van der Waals surface area contributed by atoms with E-state index >= 15 is 0 Å². The summed E-state index contributed by atoms with van der Waals surface area (Å²) < 4.78 is 0. The first-order valence-corrected chi connectivity index (χ1v) is 6.78. The molecule has 6 nitrogen and oxygen atoms in total. The summed E-state index contributed by atoms with van der Waals surface area (Å²) in [6.45, 7) is 0.193. The van der Waals surface area contributed by atoms with E-state index in [-0.39, 0.29) is 24.6 Å². The Kier molecular flexibility index (Phi) is 5.08. The number of carboxylic acids is 1. The third-order valence-corrected chi connectivity index (χ3v) is 3.13. The van der Waals surface area contributed by atoms with E-state index in [4.69, 9.17) is 5.11 Å². The van der Waals surface area contributed by atoms with E-state index in [9.17, 15) is 14.7 Å². The van der Waals surface area contributed by atoms with Crippen molar-refractivity contribution in [2.24, 2.45) is 0 Å². The molecule has 3 N–H and O–H groups in total. The Morgan fingerprint density at radius 1 is 1.14 bits per heavy atom. The van der Waals surface area contributed by atoms with Crippen LogP contribution in [0.3, 0.4) is 0 Å². The molecule has 2 rings (SSSR count). The minimum absolute atomic E-state index is 0.00797. The molecular weight excluding hydrogens is 284 g/mol. The van der Waals surface area contributed by atoms with Gasteiger partial charge in [0, 0.05) is 19.2 Å². The number of hydrogen-bond acceptors (Lipinski definition) is 4. The summed E-state index contributed by atoms with van der Waals surface area (Å²) >= 11 is 0. The number of phenolic OH excluding ortho intramolecular Hbond substituents is 1. The number of amides is 1. The first kappa shape index (κ1) is 15.5. The van der Waals surface area contributed by atoms with Crippen molar-refractivity contribution in [3.8, 4) is 5.75 Å². The van der Waals surface area contributed by atoms with Crippen LogP contribution in [0, 0.1) is 0 Å². The van der Waals surface area contributed by atoms with Gasteiger partial charge < -0.3 is 15.5 Å². The summed E-state index contributed by atoms with van der Waals surface area (Å²) in [6, 6.07) is 9.73. The van der Waals surface area contributed by atoms with Crippen LogP contribution in [-0.4, -0.2) is 27.1 Å². The fourth-order valence-electron chi connectivity index (χ4n) is 2.03. The van der Waals surface area contributed by atoms with E-state index in [1.54, 1.807) is 24.3 Å². The molecule has 0 spiro atoms. The third-order valence-electron chi connectivity index (χ3n) is 3.13. The highest BCUT2D eigenvalue weighted by Crippen LogP contribution is 2.18. The van der Waals surface area contributed by atoms with Crippen LogP contribution in [0.15, 0.2) is 42.6 Å². The highest BCUT2D eigenvalue weighted by Gasteiger charge is 2.10. The largest absolute Gasteiger partial charge is 0.508 e. The van der Waals surface area contributed by atoms with Crippen LogP contribution < -0.4 is 5.32 Å². The number of aryl methyl sites for hydroxylation is 1. The normalized spacial score (nSPS) is 10.2. The number of carboxylic acid groups (broad SMARTS) is 1. The molecule has 0 fully saturated rings. The van der Waals surface area contributed by atoms with Crippen LogP contribution in [0.5, 0.6) is 5.75 Å². The first-order chi connectivity index (χ1) is 10.6. The maximum atomic E-state index is 12.0. The van der Waals surface area contributed by atoms with Gasteiger partial charge >= 0.3 is 5.97 Å². The average molecular weight is 300 g/mol. The second kappa shape index (κ2) is 7.21. The zero-order valence-electron chi connectivity index (χ0n) is 11.8. The molecule has 0 aliphatic heterocycles. The van der Waals surface area contributed by atoms with Crippen LogP contribution in [0.1, 0.15) is 28.0 Å². The lowest BCUT2D eigenvalue weighted by molar-refractivity contribution is -0.136. The van der Waals surface area contributed by atoms with Gasteiger partial charge in [0.2, 0.25) is 0 Å². The highest BCUT2D eigenvalue weighted by atomic mass is 16.4. The molecule has 0 saturated carbocycles. The summed E-state index contributed by atoms with van der Waals surface area (Å²) in [5, 5.41) is 21.0. The molecular formula is C16H16N2O4. The summed E-state index contributed by atoms with van der Waals surface area (Å²) in [7, 11) is 0. The number of pyridine rings is 1. The summed E-state index contributed by atoms with van der Waals surface area (Å²) in [4.78, 5) is 26.6. The first-order valence-electron chi connectivity index (χ1n) is 6.78. The lowest BCUT2D eigenvalue weighted by atomic mass is 10.0. The van der Waals surface area contributed by atoms with Crippen molar-refractivity contribution in [3.05, 3.63) is 59.4 Å². The lowest BCUT2D eigenvalue weighted by Gasteiger charge is -2.10. The highest BCUT2D eigenvalue weighted by molar-refractivity contribution is 5.92. The van der Waals surface area contributed by atoms with Gasteiger partial charge in [0.15, 0.2) is 0 Å². The molecule has 22 heavy (non-hydrogen) atoms. The molecule has 0 unspecified atom stereocenters. The molecule has 6 heteroatoms. The van der Waals surface area contributed by atoms with Gasteiger partial charge in [0.1, 0.15) is 11.4 Å². The number of phenols is 1. The van der Waals surface area contributed by atoms with Crippen LogP contribution in [-0.2, 0) is 17.8 Å². The maximum absolute atomic E-state index is 12.0. The summed E-state index contributed by atoms with van der Waals surface area (Å²) in [5.41, 5.74) is 1.77. The smallest absolute Gasteiger partial charge is 0.303 e. The SMILES string of the molecule is O=C(O)CCc1ccc(O)cc1CNC(=O)c1ccccn1. The van der Waals surface area contributed by atoms with Crippen LogP contribution in [0.2, 0.25) is 0 Å². The van der Waals surface area contributed by atoms with E-state index < -0.39 is 5.97 Å². The zero-order valence-corrected chi connectivity index (χ0v) is 11.8. The van der Waals surface area contributed by atoms with E-state index in [1.165, 1.54) is 18.3 Å². The number of aliphatic carboxylic acids is 1. The van der Waals surface area contributed by atoms with Crippen molar-refractivity contribution in [1.29, 1.82) is 0 Å². The zero-order chi connectivity index (χ0) is 15.9. The van der Waals surface area contributed by atoms with Crippen molar-refractivity contribution in [1.82, 2.24) is 10.3 Å². The van der Waals surface area contributed by atoms with Crippen molar-refractivity contribution in [2.45, 2.75) is 19.4 Å². The Balaban J connectivity index is 2.06. The lowest BCUT2D eigenvalue weighted by Crippen LogP contribution is -2.24. The number of rotatable bonds is 6. The molecule has 1 heterocycles. The minimum atomic E-state index is -0.892. The van der Waals surface area contributed by atoms with Gasteiger partial charge in [0.05, 0.1) is 0 Å². The van der Waals surface area contributed by atoms with Crippen molar-refractivity contribution in [3.63, 3.8) is 0 Å². The number of carbonyl (C=O) groups excluding carboxylic acids is 1. The Morgan fingerprint density at radius 2 is 1.95 bits per heavy atom. The molecule has 0 radical (unpaired) electrons. The number of hydrogen-bond donors (Lipinski definition) is 3. The fourth-order valence-corrected chi connectivity index (χ4v) is 2.03. The number of aromatic hydroxyl groups is 1. The molecule has 1 amide bonds. The molecule has 1 aromatic heterocycles. The van der Waals surface area contributed by atoms with Gasteiger partial charge in [-0.05, 0) is 41.8 Å². The van der Waals surface area contributed by atoms with Gasteiger partial charge in [-0.15, -0.1) is 0 Å². The van der Waals surface area contributed by atoms with E-state index in [0.717, 1.165) is 5.56 Å². The Hall–Kier alpha value is -2.89. The molecule has 0 aliphatic rings. The Labute approximate surface area is 127 Å². The fraction of sp³-hybridized carbons (Fsp3) is 0.188. The minimum Gasteiger partial charge on any atom is -0.508 e. The molecule has 2 aromatic rings. The third kappa shape index (κ3) is 4.31. The quantitative estimate of drug-likeness (QED) is 0.754. The summed E-state index contributed by atoms with van der Waals surface area (Å²) in [6.07, 6.45) is 1.86. The topological polar surface area (TPSA) is 99.5 Å². The second-order valence-corrected chi connectivity index (χ2v) is 4.74. The molecule has 0 atom stereocenters. The standard InChI is InChI=1S/C16H16N2O4/c19-13-6-4-11(5-7-15(20)21)12(9-13)10-18-16(22)14-3-1-2-8-17-14/h1-4,6,8-9,19H,5,7,10H2,(H,18,22)(H,20,21). The number of aromatic nitrogens is 1. The predicted molar refractivity (Wildman–Crippen MR) is 79.5 cm³/mol. The Bertz CT molecular complexity index is 671. The van der Waals surface area contributed by atoms with Gasteiger partial charge in [-0.3, -0.25) is 14.6 Å². The Morgan fingerprint density at radius 3 is 2.64 bits per heavy atom. The number of nitrogens with one attached hydrogen (secondary N) is 1. The maximum Gasteiger partial charge on any atom is 0.303 e. The van der Waals surface area contributed by atoms with Crippen LogP contribution in [0.25, 0.3) is 0 Å². The van der Waals surface area contributed by atoms with Gasteiger partial charge in [-0.2, -0.15) is 0 Å². The van der Waals surface area contributed by atoms with Crippen molar-refractivity contribution >= 4 is 11.9 Å². The summed E-state index contributed by atoms with van der Waals surface area (Å²) in [5.74, 6) is -1.15. The van der Waals surface area contributed by atoms with E-state index in [1.807, 2.05) is 0 Å². The second-order valence-electron chi connectivity index (χ2n) is 4.74. The van der Waals surface area contributed by atoms with Gasteiger partial charge in [0.25, 0.3) is 5.91 Å². The van der Waals surface area contributed by atoms with Gasteiger partial charge in [-0.1, -0.05) is 12.1 Å². The van der Waals surface area contributed by atoms with Crippen molar-refractivity contribution < 1.29 is 19.8 Å².